The lowest BCUT2D eigenvalue weighted by molar-refractivity contribution is 0.0827. The van der Waals surface area contributed by atoms with Crippen LogP contribution in [0.25, 0.3) is 11.3 Å². The van der Waals surface area contributed by atoms with Crippen LogP contribution in [-0.2, 0) is 10.0 Å². The van der Waals surface area contributed by atoms with Gasteiger partial charge in [-0.05, 0) is 36.4 Å². The number of nitrogens with one attached hydrogen (secondary N) is 1. The van der Waals surface area contributed by atoms with Crippen LogP contribution in [0.3, 0.4) is 0 Å². The summed E-state index contributed by atoms with van der Waals surface area (Å²) in [5, 5.41) is 0. The Morgan fingerprint density at radius 1 is 0.853 bits per heavy atom. The summed E-state index contributed by atoms with van der Waals surface area (Å²) >= 11 is 0. The van der Waals surface area contributed by atoms with Crippen molar-refractivity contribution in [2.24, 2.45) is 0 Å². The SMILES string of the molecule is CN(C)C(=O)c1cccc(-c2cc(Oc3ccccc3)nc(NS(=O)(=O)c3ccccc3)n2)c1. The number of para-hydroxylation sites is 1. The van der Waals surface area contributed by atoms with Gasteiger partial charge in [0.05, 0.1) is 10.6 Å². The van der Waals surface area contributed by atoms with Crippen LogP contribution in [0.1, 0.15) is 10.4 Å². The zero-order chi connectivity index (χ0) is 24.1. The lowest BCUT2D eigenvalue weighted by atomic mass is 10.1. The number of ether oxygens (including phenoxy) is 1. The molecule has 1 aromatic heterocycles. The van der Waals surface area contributed by atoms with Gasteiger partial charge < -0.3 is 9.64 Å². The number of rotatable bonds is 7. The summed E-state index contributed by atoms with van der Waals surface area (Å²) in [5.41, 5.74) is 1.46. The van der Waals surface area contributed by atoms with Gasteiger partial charge in [-0.25, -0.2) is 18.1 Å². The lowest BCUT2D eigenvalue weighted by Crippen LogP contribution is -2.21. The van der Waals surface area contributed by atoms with E-state index in [-0.39, 0.29) is 22.6 Å². The van der Waals surface area contributed by atoms with Crippen LogP contribution < -0.4 is 9.46 Å². The molecule has 1 amide bonds. The second-order valence-corrected chi connectivity index (χ2v) is 9.21. The summed E-state index contributed by atoms with van der Waals surface area (Å²) in [5.74, 6) is 0.352. The molecule has 0 saturated carbocycles. The van der Waals surface area contributed by atoms with Crippen LogP contribution in [0.5, 0.6) is 11.6 Å². The zero-order valence-electron chi connectivity index (χ0n) is 18.5. The summed E-state index contributed by atoms with van der Waals surface area (Å²) in [4.78, 5) is 22.6. The van der Waals surface area contributed by atoms with Crippen molar-refractivity contribution >= 4 is 21.9 Å². The Balaban J connectivity index is 1.76. The maximum atomic E-state index is 12.9. The number of aromatic nitrogens is 2. The van der Waals surface area contributed by atoms with E-state index in [1.165, 1.54) is 17.0 Å². The van der Waals surface area contributed by atoms with Crippen molar-refractivity contribution in [1.29, 1.82) is 0 Å². The van der Waals surface area contributed by atoms with Gasteiger partial charge in [0.15, 0.2) is 0 Å². The fourth-order valence-electron chi connectivity index (χ4n) is 3.13. The largest absolute Gasteiger partial charge is 0.439 e. The molecule has 0 saturated heterocycles. The smallest absolute Gasteiger partial charge is 0.264 e. The number of hydrogen-bond donors (Lipinski definition) is 1. The number of anilines is 1. The summed E-state index contributed by atoms with van der Waals surface area (Å²) in [7, 11) is -0.589. The van der Waals surface area contributed by atoms with Gasteiger partial charge in [0.25, 0.3) is 15.9 Å². The Morgan fingerprint density at radius 3 is 2.21 bits per heavy atom. The lowest BCUT2D eigenvalue weighted by Gasteiger charge is -2.13. The van der Waals surface area contributed by atoms with E-state index < -0.39 is 10.0 Å². The molecule has 1 heterocycles. The molecular weight excluding hydrogens is 452 g/mol. The third-order valence-corrected chi connectivity index (χ3v) is 6.10. The molecule has 0 unspecified atom stereocenters. The number of hydrogen-bond acceptors (Lipinski definition) is 6. The van der Waals surface area contributed by atoms with E-state index in [9.17, 15) is 13.2 Å². The molecule has 0 spiro atoms. The summed E-state index contributed by atoms with van der Waals surface area (Å²) < 4.78 is 34.0. The molecule has 1 N–H and O–H groups in total. The molecule has 0 aliphatic heterocycles. The molecular formula is C25H22N4O4S. The van der Waals surface area contributed by atoms with Gasteiger partial charge in [0, 0.05) is 31.3 Å². The Bertz CT molecular complexity index is 1410. The standard InChI is InChI=1S/C25H22N4O4S/c1-29(2)24(30)19-11-9-10-18(16-19)22-17-23(33-20-12-5-3-6-13-20)27-25(26-22)28-34(31,32)21-14-7-4-8-15-21/h3-17H,1-2H3,(H,26,27,28). The molecule has 172 valence electrons. The Labute approximate surface area is 197 Å². The normalized spacial score (nSPS) is 11.0. The summed E-state index contributed by atoms with van der Waals surface area (Å²) in [6.07, 6.45) is 0. The topological polar surface area (TPSA) is 101 Å². The average molecular weight is 475 g/mol. The van der Waals surface area contributed by atoms with Crippen LogP contribution in [0, 0.1) is 0 Å². The first-order valence-corrected chi connectivity index (χ1v) is 11.8. The summed E-state index contributed by atoms with van der Waals surface area (Å²) in [6.45, 7) is 0. The second-order valence-electron chi connectivity index (χ2n) is 7.53. The molecule has 3 aromatic carbocycles. The van der Waals surface area contributed by atoms with E-state index in [0.29, 0.717) is 22.6 Å². The molecule has 0 radical (unpaired) electrons. The molecule has 34 heavy (non-hydrogen) atoms. The Hall–Kier alpha value is -4.24. The molecule has 4 rings (SSSR count). The maximum Gasteiger partial charge on any atom is 0.264 e. The first kappa shape index (κ1) is 22.9. The molecule has 0 aliphatic rings. The molecule has 9 heteroatoms. The zero-order valence-corrected chi connectivity index (χ0v) is 19.4. The Kier molecular flexibility index (Phi) is 6.55. The fourth-order valence-corrected chi connectivity index (χ4v) is 4.09. The predicted octanol–water partition coefficient (Wildman–Crippen LogP) is 4.44. The van der Waals surface area contributed by atoms with Crippen LogP contribution in [0.2, 0.25) is 0 Å². The fraction of sp³-hybridized carbons (Fsp3) is 0.0800. The Morgan fingerprint density at radius 2 is 1.53 bits per heavy atom. The minimum atomic E-state index is -3.93. The van der Waals surface area contributed by atoms with E-state index in [1.807, 2.05) is 18.2 Å². The maximum absolute atomic E-state index is 12.9. The van der Waals surface area contributed by atoms with Crippen molar-refractivity contribution in [2.75, 3.05) is 18.8 Å². The number of amides is 1. The van der Waals surface area contributed by atoms with E-state index in [2.05, 4.69) is 14.7 Å². The molecule has 0 bridgehead atoms. The highest BCUT2D eigenvalue weighted by molar-refractivity contribution is 7.92. The summed E-state index contributed by atoms with van der Waals surface area (Å²) in [6, 6.07) is 25.4. The van der Waals surface area contributed by atoms with Gasteiger partial charge in [0.2, 0.25) is 11.8 Å². The van der Waals surface area contributed by atoms with Crippen molar-refractivity contribution in [3.8, 4) is 22.9 Å². The highest BCUT2D eigenvalue weighted by Gasteiger charge is 2.18. The minimum Gasteiger partial charge on any atom is -0.439 e. The first-order valence-electron chi connectivity index (χ1n) is 10.3. The van der Waals surface area contributed by atoms with Crippen LogP contribution in [0.4, 0.5) is 5.95 Å². The van der Waals surface area contributed by atoms with Gasteiger partial charge in [0.1, 0.15) is 5.75 Å². The van der Waals surface area contributed by atoms with Crippen molar-refractivity contribution in [2.45, 2.75) is 4.90 Å². The third kappa shape index (κ3) is 5.38. The minimum absolute atomic E-state index is 0.0770. The van der Waals surface area contributed by atoms with Crippen molar-refractivity contribution < 1.29 is 17.9 Å². The average Bonchev–Trinajstić information content (AvgIpc) is 2.84. The van der Waals surface area contributed by atoms with Gasteiger partial charge in [-0.3, -0.25) is 4.79 Å². The van der Waals surface area contributed by atoms with Crippen molar-refractivity contribution in [3.63, 3.8) is 0 Å². The van der Waals surface area contributed by atoms with Crippen LogP contribution in [-0.4, -0.2) is 43.3 Å². The quantitative estimate of drug-likeness (QED) is 0.425. The number of carbonyl (C=O) groups is 1. The number of nitrogens with zero attached hydrogens (tertiary/aromatic N) is 3. The van der Waals surface area contributed by atoms with Crippen molar-refractivity contribution in [3.05, 3.63) is 96.6 Å². The van der Waals surface area contributed by atoms with Crippen molar-refractivity contribution in [1.82, 2.24) is 14.9 Å². The molecule has 0 atom stereocenters. The van der Waals surface area contributed by atoms with E-state index >= 15 is 0 Å². The monoisotopic (exact) mass is 474 g/mol. The third-order valence-electron chi connectivity index (χ3n) is 4.76. The predicted molar refractivity (Wildman–Crippen MR) is 129 cm³/mol. The van der Waals surface area contributed by atoms with Gasteiger partial charge >= 0.3 is 0 Å². The van der Waals surface area contributed by atoms with Crippen LogP contribution in [0.15, 0.2) is 95.9 Å². The highest BCUT2D eigenvalue weighted by atomic mass is 32.2. The molecule has 0 aliphatic carbocycles. The molecule has 8 nitrogen and oxygen atoms in total. The second kappa shape index (κ2) is 9.72. The molecule has 0 fully saturated rings. The van der Waals surface area contributed by atoms with E-state index in [4.69, 9.17) is 4.74 Å². The van der Waals surface area contributed by atoms with Gasteiger partial charge in [-0.2, -0.15) is 4.98 Å². The molecule has 4 aromatic rings. The van der Waals surface area contributed by atoms with Gasteiger partial charge in [-0.1, -0.05) is 48.5 Å². The van der Waals surface area contributed by atoms with E-state index in [0.717, 1.165) is 0 Å². The number of benzene rings is 3. The first-order chi connectivity index (χ1) is 16.3. The van der Waals surface area contributed by atoms with E-state index in [1.54, 1.807) is 74.8 Å². The highest BCUT2D eigenvalue weighted by Crippen LogP contribution is 2.27. The van der Waals surface area contributed by atoms with Crippen LogP contribution >= 0.6 is 0 Å². The number of carbonyl (C=O) groups excluding carboxylic acids is 1. The van der Waals surface area contributed by atoms with Gasteiger partial charge in [-0.15, -0.1) is 0 Å². The number of sulfonamides is 1.